The summed E-state index contributed by atoms with van der Waals surface area (Å²) < 4.78 is 1.16. The number of rotatable bonds is 15. The maximum atomic E-state index is 2.41. The van der Waals surface area contributed by atoms with Gasteiger partial charge in [0.1, 0.15) is 0 Å². The Bertz CT molecular complexity index is 542. The first kappa shape index (κ1) is 29.0. The smallest absolute Gasteiger partial charge is 0.0878 e. The van der Waals surface area contributed by atoms with Gasteiger partial charge in [-0.25, -0.2) is 0 Å². The van der Waals surface area contributed by atoms with Gasteiger partial charge in [-0.3, -0.25) is 0 Å². The first-order valence-corrected chi connectivity index (χ1v) is 12.8. The maximum absolute atomic E-state index is 2.41. The van der Waals surface area contributed by atoms with Crippen LogP contribution in [0.1, 0.15) is 93.4 Å². The molecule has 1 aromatic carbocycles. The molecule has 0 heterocycles. The molecule has 0 atom stereocenters. The van der Waals surface area contributed by atoms with Gasteiger partial charge < -0.3 is 21.5 Å². The van der Waals surface area contributed by atoms with Gasteiger partial charge in [-0.1, -0.05) is 64.4 Å². The van der Waals surface area contributed by atoms with Crippen LogP contribution in [0.3, 0.4) is 0 Å². The molecule has 0 radical (unpaired) electrons. The van der Waals surface area contributed by atoms with Gasteiger partial charge in [-0.2, -0.15) is 0 Å². The first-order valence-electron chi connectivity index (χ1n) is 11.8. The number of aryl methyl sites for hydroxylation is 2. The summed E-state index contributed by atoms with van der Waals surface area (Å²) in [6.45, 7) is 13.9. The van der Waals surface area contributed by atoms with Crippen LogP contribution in [-0.2, 0) is 0 Å². The summed E-state index contributed by atoms with van der Waals surface area (Å²) in [4.78, 5) is 1.52. The number of quaternary nitrogens is 1. The molecule has 0 N–H and O–H groups in total. The van der Waals surface area contributed by atoms with E-state index in [9.17, 15) is 0 Å². The van der Waals surface area contributed by atoms with Crippen molar-refractivity contribution >= 4 is 11.8 Å². The number of hydrogen-bond donors (Lipinski definition) is 0. The van der Waals surface area contributed by atoms with Crippen molar-refractivity contribution in [3.05, 3.63) is 28.3 Å². The minimum atomic E-state index is 0. The fraction of sp³-hybridized carbons (Fsp3) is 0.769. The molecule has 0 bridgehead atoms. The van der Waals surface area contributed by atoms with Crippen LogP contribution < -0.4 is 17.0 Å². The zero-order chi connectivity index (χ0) is 21.0. The molecule has 1 rings (SSSR count). The monoisotopic (exact) mass is 485 g/mol. The Kier molecular flexibility index (Phi) is 15.8. The van der Waals surface area contributed by atoms with Crippen molar-refractivity contribution in [2.24, 2.45) is 0 Å². The van der Waals surface area contributed by atoms with E-state index >= 15 is 0 Å². The second-order valence-corrected chi connectivity index (χ2v) is 10.6. The third-order valence-corrected chi connectivity index (χ3v) is 7.64. The molecular formula is C26H48BrNS. The van der Waals surface area contributed by atoms with Gasteiger partial charge in [-0.15, -0.1) is 11.8 Å². The molecule has 0 aliphatic heterocycles. The number of halogens is 1. The zero-order valence-electron chi connectivity index (χ0n) is 20.5. The van der Waals surface area contributed by atoms with E-state index < -0.39 is 0 Å². The Morgan fingerprint density at radius 3 is 1.62 bits per heavy atom. The molecule has 3 heteroatoms. The summed E-state index contributed by atoms with van der Waals surface area (Å²) in [6, 6.07) is 2.33. The average molecular weight is 487 g/mol. The van der Waals surface area contributed by atoms with Crippen LogP contribution in [0, 0.1) is 27.7 Å². The van der Waals surface area contributed by atoms with E-state index in [1.54, 1.807) is 0 Å². The number of unbranched alkanes of at least 4 members (excludes halogenated alkanes) is 9. The van der Waals surface area contributed by atoms with E-state index in [1.165, 1.54) is 110 Å². The number of benzene rings is 1. The average Bonchev–Trinajstić information content (AvgIpc) is 2.64. The van der Waals surface area contributed by atoms with Crippen molar-refractivity contribution in [2.75, 3.05) is 32.9 Å². The van der Waals surface area contributed by atoms with E-state index in [2.05, 4.69) is 66.5 Å². The van der Waals surface area contributed by atoms with E-state index in [0.29, 0.717) is 0 Å². The lowest BCUT2D eigenvalue weighted by atomic mass is 10.0. The van der Waals surface area contributed by atoms with Crippen LogP contribution in [-0.4, -0.2) is 37.4 Å². The van der Waals surface area contributed by atoms with Gasteiger partial charge >= 0.3 is 0 Å². The summed E-state index contributed by atoms with van der Waals surface area (Å²) in [7, 11) is 4.82. The summed E-state index contributed by atoms with van der Waals surface area (Å²) in [5, 5.41) is 0. The first-order chi connectivity index (χ1) is 13.3. The lowest BCUT2D eigenvalue weighted by Crippen LogP contribution is -3.00. The van der Waals surface area contributed by atoms with Gasteiger partial charge in [0.2, 0.25) is 0 Å². The molecule has 0 unspecified atom stereocenters. The summed E-state index contributed by atoms with van der Waals surface area (Å²) in [5.74, 6) is 1.22. The van der Waals surface area contributed by atoms with Crippen LogP contribution in [0.15, 0.2) is 11.0 Å². The fourth-order valence-electron chi connectivity index (χ4n) is 3.93. The van der Waals surface area contributed by atoms with Crippen LogP contribution in [0.25, 0.3) is 0 Å². The standard InChI is InChI=1S/C26H48NS.BrH/c1-8-9-10-11-12-13-14-15-16-17-18-27(6,7)19-20-28-26-24(4)22(2)21-23(3)25(26)5;/h21H,8-20H2,1-7H3;1H/q+1;/p-1. The highest BCUT2D eigenvalue weighted by Gasteiger charge is 2.16. The number of hydrogen-bond acceptors (Lipinski definition) is 1. The van der Waals surface area contributed by atoms with Gasteiger partial charge in [0.05, 0.1) is 27.2 Å². The lowest BCUT2D eigenvalue weighted by Gasteiger charge is -2.30. The molecule has 1 aromatic rings. The third kappa shape index (κ3) is 11.8. The van der Waals surface area contributed by atoms with E-state index in [1.807, 2.05) is 0 Å². The highest BCUT2D eigenvalue weighted by Crippen LogP contribution is 2.31. The molecule has 0 spiro atoms. The zero-order valence-corrected chi connectivity index (χ0v) is 22.9. The molecule has 0 aliphatic carbocycles. The van der Waals surface area contributed by atoms with Gasteiger partial charge in [0.25, 0.3) is 0 Å². The summed E-state index contributed by atoms with van der Waals surface area (Å²) in [5.41, 5.74) is 5.83. The molecule has 0 amide bonds. The Balaban J connectivity index is 0.00000784. The Labute approximate surface area is 197 Å². The fourth-order valence-corrected chi connectivity index (χ4v) is 5.48. The van der Waals surface area contributed by atoms with Crippen molar-refractivity contribution in [1.29, 1.82) is 0 Å². The Morgan fingerprint density at radius 1 is 0.690 bits per heavy atom. The molecule has 0 saturated carbocycles. The number of nitrogens with zero attached hydrogens (tertiary/aromatic N) is 1. The molecule has 0 aliphatic rings. The lowest BCUT2D eigenvalue weighted by molar-refractivity contribution is -0.888. The van der Waals surface area contributed by atoms with Crippen LogP contribution in [0.4, 0.5) is 0 Å². The molecule has 29 heavy (non-hydrogen) atoms. The van der Waals surface area contributed by atoms with Crippen LogP contribution in [0.5, 0.6) is 0 Å². The molecule has 1 nitrogen and oxygen atoms in total. The summed E-state index contributed by atoms with van der Waals surface area (Å²) in [6.07, 6.45) is 14.3. The molecule has 0 fully saturated rings. The predicted molar refractivity (Wildman–Crippen MR) is 130 cm³/mol. The highest BCUT2D eigenvalue weighted by molar-refractivity contribution is 7.99. The normalized spacial score (nSPS) is 11.6. The molecular weight excluding hydrogens is 438 g/mol. The minimum Gasteiger partial charge on any atom is -1.00 e. The van der Waals surface area contributed by atoms with Crippen molar-refractivity contribution in [3.8, 4) is 0 Å². The molecule has 170 valence electrons. The minimum absolute atomic E-state index is 0. The Morgan fingerprint density at radius 2 is 1.14 bits per heavy atom. The maximum Gasteiger partial charge on any atom is 0.0878 e. The summed E-state index contributed by atoms with van der Waals surface area (Å²) >= 11 is 2.07. The molecule has 0 saturated heterocycles. The largest absolute Gasteiger partial charge is 1.00 e. The molecule has 0 aromatic heterocycles. The van der Waals surface area contributed by atoms with Crippen molar-refractivity contribution < 1.29 is 21.5 Å². The number of thioether (sulfide) groups is 1. The van der Waals surface area contributed by atoms with Crippen molar-refractivity contribution in [2.45, 2.75) is 104 Å². The topological polar surface area (TPSA) is 0 Å². The second-order valence-electron chi connectivity index (χ2n) is 9.50. The van der Waals surface area contributed by atoms with Crippen LogP contribution in [0.2, 0.25) is 0 Å². The van der Waals surface area contributed by atoms with E-state index in [4.69, 9.17) is 0 Å². The SMILES string of the molecule is CCCCCCCCCCCC[N+](C)(C)CCSc1c(C)c(C)cc(C)c1C.[Br-]. The third-order valence-electron chi connectivity index (χ3n) is 6.36. The van der Waals surface area contributed by atoms with Gasteiger partial charge in [0.15, 0.2) is 0 Å². The van der Waals surface area contributed by atoms with Gasteiger partial charge in [0, 0.05) is 10.6 Å². The predicted octanol–water partition coefficient (Wildman–Crippen LogP) is 5.01. The van der Waals surface area contributed by atoms with E-state index in [-0.39, 0.29) is 17.0 Å². The van der Waals surface area contributed by atoms with Crippen LogP contribution >= 0.6 is 11.8 Å². The van der Waals surface area contributed by atoms with Gasteiger partial charge in [-0.05, 0) is 62.8 Å². The quantitative estimate of drug-likeness (QED) is 0.191. The highest BCUT2D eigenvalue weighted by atomic mass is 79.9. The Hall–Kier alpha value is 0.01000. The van der Waals surface area contributed by atoms with Crippen molar-refractivity contribution in [1.82, 2.24) is 0 Å². The van der Waals surface area contributed by atoms with Crippen molar-refractivity contribution in [3.63, 3.8) is 0 Å². The van der Waals surface area contributed by atoms with E-state index in [0.717, 1.165) is 4.48 Å². The second kappa shape index (κ2) is 15.8.